The fraction of sp³-hybridized carbons (Fsp3) is 0.0625. The van der Waals surface area contributed by atoms with Gasteiger partial charge in [0.15, 0.2) is 0 Å². The van der Waals surface area contributed by atoms with Crippen molar-refractivity contribution in [2.45, 2.75) is 4.90 Å². The van der Waals surface area contributed by atoms with E-state index < -0.39 is 10.0 Å². The molecule has 1 aromatic heterocycles. The first kappa shape index (κ1) is 15.1. The molecule has 0 saturated heterocycles. The summed E-state index contributed by atoms with van der Waals surface area (Å²) < 4.78 is 32.6. The van der Waals surface area contributed by atoms with E-state index in [1.165, 1.54) is 13.2 Å². The van der Waals surface area contributed by atoms with Crippen LogP contribution in [0.4, 0.5) is 5.69 Å². The lowest BCUT2D eigenvalue weighted by molar-refractivity contribution is 0.403. The lowest BCUT2D eigenvalue weighted by atomic mass is 10.1. The van der Waals surface area contributed by atoms with Crippen LogP contribution in [0, 0.1) is 0 Å². The summed E-state index contributed by atoms with van der Waals surface area (Å²) in [5.74, 6) is 0.300. The van der Waals surface area contributed by atoms with Gasteiger partial charge in [0.05, 0.1) is 12.8 Å². The zero-order chi connectivity index (χ0) is 16.3. The summed E-state index contributed by atoms with van der Waals surface area (Å²) in [5.41, 5.74) is 2.26. The Morgan fingerprint density at radius 2 is 1.78 bits per heavy atom. The molecule has 7 heteroatoms. The molecule has 0 bridgehead atoms. The predicted molar refractivity (Wildman–Crippen MR) is 87.8 cm³/mol. The van der Waals surface area contributed by atoms with Gasteiger partial charge in [0.1, 0.15) is 10.6 Å². The monoisotopic (exact) mass is 329 g/mol. The molecule has 1 heterocycles. The van der Waals surface area contributed by atoms with Gasteiger partial charge in [0.25, 0.3) is 10.0 Å². The van der Waals surface area contributed by atoms with Gasteiger partial charge in [-0.15, -0.1) is 0 Å². The highest BCUT2D eigenvalue weighted by Gasteiger charge is 2.18. The van der Waals surface area contributed by atoms with Crippen molar-refractivity contribution in [2.75, 3.05) is 11.8 Å². The smallest absolute Gasteiger partial charge is 0.265 e. The van der Waals surface area contributed by atoms with Crippen molar-refractivity contribution < 1.29 is 13.2 Å². The number of sulfonamides is 1. The van der Waals surface area contributed by atoms with Gasteiger partial charge in [-0.2, -0.15) is 5.10 Å². The van der Waals surface area contributed by atoms with E-state index in [1.807, 2.05) is 18.2 Å². The number of rotatable bonds is 5. The fourth-order valence-corrected chi connectivity index (χ4v) is 3.42. The Morgan fingerprint density at radius 3 is 2.43 bits per heavy atom. The quantitative estimate of drug-likeness (QED) is 0.754. The van der Waals surface area contributed by atoms with E-state index in [1.54, 1.807) is 36.5 Å². The van der Waals surface area contributed by atoms with Crippen LogP contribution in [0.2, 0.25) is 0 Å². The first-order valence-electron chi connectivity index (χ1n) is 6.86. The molecule has 0 atom stereocenters. The summed E-state index contributed by atoms with van der Waals surface area (Å²) in [6.07, 6.45) is 1.66. The third kappa shape index (κ3) is 3.19. The molecule has 3 rings (SSSR count). The molecular weight excluding hydrogens is 314 g/mol. The summed E-state index contributed by atoms with van der Waals surface area (Å²) in [5, 5.41) is 6.75. The first-order valence-corrected chi connectivity index (χ1v) is 8.34. The van der Waals surface area contributed by atoms with Gasteiger partial charge < -0.3 is 4.74 Å². The van der Waals surface area contributed by atoms with Crippen LogP contribution in [0.5, 0.6) is 5.75 Å². The van der Waals surface area contributed by atoms with E-state index in [2.05, 4.69) is 14.9 Å². The molecule has 23 heavy (non-hydrogen) atoms. The maximum atomic E-state index is 12.5. The third-order valence-electron chi connectivity index (χ3n) is 3.31. The second-order valence-corrected chi connectivity index (χ2v) is 6.45. The minimum atomic E-state index is -3.72. The molecule has 118 valence electrons. The van der Waals surface area contributed by atoms with Crippen LogP contribution in [-0.4, -0.2) is 25.7 Å². The molecular formula is C16H15N3O3S. The van der Waals surface area contributed by atoms with Gasteiger partial charge in [-0.1, -0.05) is 24.3 Å². The molecule has 0 unspecified atom stereocenters. The number of ether oxygens (including phenoxy) is 1. The molecule has 0 fully saturated rings. The van der Waals surface area contributed by atoms with Crippen LogP contribution in [-0.2, 0) is 10.0 Å². The highest BCUT2D eigenvalue weighted by atomic mass is 32.2. The van der Waals surface area contributed by atoms with Gasteiger partial charge in [0, 0.05) is 11.9 Å². The fourth-order valence-electron chi connectivity index (χ4n) is 2.19. The molecule has 0 spiro atoms. The highest BCUT2D eigenvalue weighted by Crippen LogP contribution is 2.26. The van der Waals surface area contributed by atoms with Crippen LogP contribution in [0.15, 0.2) is 65.7 Å². The molecule has 0 amide bonds. The van der Waals surface area contributed by atoms with E-state index >= 15 is 0 Å². The van der Waals surface area contributed by atoms with Gasteiger partial charge >= 0.3 is 0 Å². The number of hydrogen-bond acceptors (Lipinski definition) is 4. The highest BCUT2D eigenvalue weighted by molar-refractivity contribution is 7.92. The van der Waals surface area contributed by atoms with Crippen LogP contribution < -0.4 is 9.46 Å². The summed E-state index contributed by atoms with van der Waals surface area (Å²) >= 11 is 0. The lowest BCUT2D eigenvalue weighted by Gasteiger charge is -2.11. The standard InChI is InChI=1S/C16H15N3O3S/c1-22-15-4-2-3-5-16(15)23(20,21)19-13-8-6-12(7-9-13)14-10-11-17-18-14/h2-11,19H,1H3,(H,17,18). The first-order chi connectivity index (χ1) is 11.1. The Morgan fingerprint density at radius 1 is 1.04 bits per heavy atom. The van der Waals surface area contributed by atoms with E-state index in [9.17, 15) is 8.42 Å². The lowest BCUT2D eigenvalue weighted by Crippen LogP contribution is -2.13. The van der Waals surface area contributed by atoms with Crippen molar-refractivity contribution in [1.29, 1.82) is 0 Å². The van der Waals surface area contributed by atoms with Gasteiger partial charge in [0.2, 0.25) is 0 Å². The molecule has 0 aliphatic heterocycles. The van der Waals surface area contributed by atoms with Crippen molar-refractivity contribution in [2.24, 2.45) is 0 Å². The minimum Gasteiger partial charge on any atom is -0.495 e. The second kappa shape index (κ2) is 6.13. The number of benzene rings is 2. The maximum absolute atomic E-state index is 12.5. The second-order valence-electron chi connectivity index (χ2n) is 4.80. The number of nitrogens with zero attached hydrogens (tertiary/aromatic N) is 1. The molecule has 0 aliphatic carbocycles. The number of anilines is 1. The van der Waals surface area contributed by atoms with Crippen LogP contribution >= 0.6 is 0 Å². The Bertz CT molecular complexity index is 889. The van der Waals surface area contributed by atoms with Gasteiger partial charge in [-0.05, 0) is 35.9 Å². The Labute approximate surface area is 134 Å². The number of para-hydroxylation sites is 1. The predicted octanol–water partition coefficient (Wildman–Crippen LogP) is 2.89. The number of hydrogen-bond donors (Lipinski definition) is 2. The summed E-state index contributed by atoms with van der Waals surface area (Å²) in [4.78, 5) is 0.0974. The van der Waals surface area contributed by atoms with Gasteiger partial charge in [-0.25, -0.2) is 8.42 Å². The number of aromatic nitrogens is 2. The van der Waals surface area contributed by atoms with Gasteiger partial charge in [-0.3, -0.25) is 9.82 Å². The van der Waals surface area contributed by atoms with Crippen LogP contribution in [0.25, 0.3) is 11.3 Å². The topological polar surface area (TPSA) is 84.1 Å². The molecule has 0 radical (unpaired) electrons. The van der Waals surface area contributed by atoms with Crippen LogP contribution in [0.1, 0.15) is 0 Å². The molecule has 0 saturated carbocycles. The number of methoxy groups -OCH3 is 1. The van der Waals surface area contributed by atoms with E-state index in [0.717, 1.165) is 11.3 Å². The van der Waals surface area contributed by atoms with Crippen molar-refractivity contribution in [1.82, 2.24) is 10.2 Å². The zero-order valence-electron chi connectivity index (χ0n) is 12.4. The van der Waals surface area contributed by atoms with E-state index in [4.69, 9.17) is 4.74 Å². The van der Waals surface area contributed by atoms with Crippen molar-refractivity contribution in [3.63, 3.8) is 0 Å². The normalized spacial score (nSPS) is 11.2. The average molecular weight is 329 g/mol. The largest absolute Gasteiger partial charge is 0.495 e. The number of aromatic amines is 1. The summed E-state index contributed by atoms with van der Waals surface area (Å²) in [6, 6.07) is 15.3. The summed E-state index contributed by atoms with van der Waals surface area (Å²) in [7, 11) is -2.28. The molecule has 0 aliphatic rings. The maximum Gasteiger partial charge on any atom is 0.265 e. The SMILES string of the molecule is COc1ccccc1S(=O)(=O)Nc1ccc(-c2ccn[nH]2)cc1. The Kier molecular flexibility index (Phi) is 4.03. The molecule has 2 aromatic carbocycles. The van der Waals surface area contributed by atoms with E-state index in [-0.39, 0.29) is 4.90 Å². The zero-order valence-corrected chi connectivity index (χ0v) is 13.2. The summed E-state index contributed by atoms with van der Waals surface area (Å²) in [6.45, 7) is 0. The Hall–Kier alpha value is -2.80. The van der Waals surface area contributed by atoms with E-state index in [0.29, 0.717) is 11.4 Å². The average Bonchev–Trinajstić information content (AvgIpc) is 3.09. The van der Waals surface area contributed by atoms with Crippen molar-refractivity contribution >= 4 is 15.7 Å². The minimum absolute atomic E-state index is 0.0974. The van der Waals surface area contributed by atoms with Crippen LogP contribution in [0.3, 0.4) is 0 Å². The molecule has 3 aromatic rings. The van der Waals surface area contributed by atoms with Crippen molar-refractivity contribution in [3.05, 3.63) is 60.8 Å². The molecule has 6 nitrogen and oxygen atoms in total. The third-order valence-corrected chi connectivity index (χ3v) is 4.73. The van der Waals surface area contributed by atoms with Crippen molar-refractivity contribution in [3.8, 4) is 17.0 Å². The molecule has 2 N–H and O–H groups in total. The Balaban J connectivity index is 1.86. The number of H-pyrrole nitrogens is 1. The number of nitrogens with one attached hydrogen (secondary N) is 2.